The van der Waals surface area contributed by atoms with E-state index in [0.717, 1.165) is 11.1 Å². The SMILES string of the molecule is CC(C)(C)NC(=O)OCc1cccc(CNC(=O)c2cnc(-c3cccc(F)c3)nc2)c1. The summed E-state index contributed by atoms with van der Waals surface area (Å²) in [7, 11) is 0. The first-order chi connectivity index (χ1) is 15.2. The molecule has 0 aliphatic rings. The van der Waals surface area contributed by atoms with Crippen molar-refractivity contribution < 1.29 is 18.7 Å². The number of carbonyl (C=O) groups is 2. The topological polar surface area (TPSA) is 93.2 Å². The monoisotopic (exact) mass is 436 g/mol. The minimum Gasteiger partial charge on any atom is -0.445 e. The van der Waals surface area contributed by atoms with Crippen LogP contribution in [0.2, 0.25) is 0 Å². The molecule has 2 amide bonds. The number of hydrogen-bond donors (Lipinski definition) is 2. The van der Waals surface area contributed by atoms with E-state index in [9.17, 15) is 14.0 Å². The van der Waals surface area contributed by atoms with Gasteiger partial charge in [0.15, 0.2) is 5.82 Å². The lowest BCUT2D eigenvalue weighted by atomic mass is 10.1. The zero-order chi connectivity index (χ0) is 23.1. The summed E-state index contributed by atoms with van der Waals surface area (Å²) in [5.74, 6) is -0.373. The van der Waals surface area contributed by atoms with Gasteiger partial charge in [0.1, 0.15) is 12.4 Å². The van der Waals surface area contributed by atoms with Crippen molar-refractivity contribution in [1.29, 1.82) is 0 Å². The molecule has 0 saturated carbocycles. The molecule has 2 aromatic carbocycles. The molecule has 0 spiro atoms. The lowest BCUT2D eigenvalue weighted by molar-refractivity contribution is 0.0950. The van der Waals surface area contributed by atoms with Crippen molar-refractivity contribution >= 4 is 12.0 Å². The molecule has 2 N–H and O–H groups in total. The Morgan fingerprint density at radius 2 is 1.69 bits per heavy atom. The molecular formula is C24H25FN4O3. The van der Waals surface area contributed by atoms with Crippen LogP contribution in [0, 0.1) is 5.82 Å². The van der Waals surface area contributed by atoms with Gasteiger partial charge >= 0.3 is 6.09 Å². The first-order valence-corrected chi connectivity index (χ1v) is 10.1. The molecule has 0 atom stereocenters. The highest BCUT2D eigenvalue weighted by atomic mass is 19.1. The van der Waals surface area contributed by atoms with E-state index in [0.29, 0.717) is 17.0 Å². The number of hydrogen-bond acceptors (Lipinski definition) is 5. The van der Waals surface area contributed by atoms with Gasteiger partial charge in [-0.3, -0.25) is 4.79 Å². The minimum atomic E-state index is -0.488. The summed E-state index contributed by atoms with van der Waals surface area (Å²) in [4.78, 5) is 32.5. The third-order valence-electron chi connectivity index (χ3n) is 4.29. The number of rotatable bonds is 6. The number of nitrogens with zero attached hydrogens (tertiary/aromatic N) is 2. The van der Waals surface area contributed by atoms with Crippen LogP contribution in [0.4, 0.5) is 9.18 Å². The Morgan fingerprint density at radius 1 is 1.00 bits per heavy atom. The molecular weight excluding hydrogens is 411 g/mol. The van der Waals surface area contributed by atoms with E-state index >= 15 is 0 Å². The zero-order valence-corrected chi connectivity index (χ0v) is 18.2. The predicted octanol–water partition coefficient (Wildman–Crippen LogP) is 4.24. The van der Waals surface area contributed by atoms with Crippen LogP contribution in [0.5, 0.6) is 0 Å². The molecule has 0 unspecified atom stereocenters. The molecule has 0 aliphatic heterocycles. The van der Waals surface area contributed by atoms with Crippen LogP contribution in [-0.2, 0) is 17.9 Å². The van der Waals surface area contributed by atoms with Gasteiger partial charge in [-0.2, -0.15) is 0 Å². The molecule has 0 aliphatic carbocycles. The number of nitrogens with one attached hydrogen (secondary N) is 2. The molecule has 7 nitrogen and oxygen atoms in total. The van der Waals surface area contributed by atoms with Gasteiger partial charge in [-0.05, 0) is 44.0 Å². The maximum absolute atomic E-state index is 13.4. The average Bonchev–Trinajstić information content (AvgIpc) is 2.75. The summed E-state index contributed by atoms with van der Waals surface area (Å²) in [5, 5.41) is 5.54. The van der Waals surface area contributed by atoms with Crippen LogP contribution in [-0.4, -0.2) is 27.5 Å². The fourth-order valence-corrected chi connectivity index (χ4v) is 2.83. The standard InChI is InChI=1S/C24H25FN4O3/c1-24(2,3)29-23(31)32-15-17-7-4-6-16(10-17)12-28-22(30)19-13-26-21(27-14-19)18-8-5-9-20(25)11-18/h4-11,13-14H,12,15H2,1-3H3,(H,28,30)(H,29,31). The van der Waals surface area contributed by atoms with E-state index in [4.69, 9.17) is 4.74 Å². The predicted molar refractivity (Wildman–Crippen MR) is 118 cm³/mol. The highest BCUT2D eigenvalue weighted by Crippen LogP contribution is 2.15. The molecule has 1 heterocycles. The molecule has 0 fully saturated rings. The minimum absolute atomic E-state index is 0.124. The summed E-state index contributed by atoms with van der Waals surface area (Å²) < 4.78 is 18.6. The lowest BCUT2D eigenvalue weighted by Crippen LogP contribution is -2.40. The van der Waals surface area contributed by atoms with Crippen molar-refractivity contribution in [2.75, 3.05) is 0 Å². The third kappa shape index (κ3) is 6.87. The van der Waals surface area contributed by atoms with Crippen molar-refractivity contribution in [1.82, 2.24) is 20.6 Å². The highest BCUT2D eigenvalue weighted by Gasteiger charge is 2.14. The van der Waals surface area contributed by atoms with Crippen molar-refractivity contribution in [2.24, 2.45) is 0 Å². The van der Waals surface area contributed by atoms with Gasteiger partial charge in [0.25, 0.3) is 5.91 Å². The fraction of sp³-hybridized carbons (Fsp3) is 0.250. The van der Waals surface area contributed by atoms with E-state index in [2.05, 4.69) is 20.6 Å². The van der Waals surface area contributed by atoms with Gasteiger partial charge < -0.3 is 15.4 Å². The van der Waals surface area contributed by atoms with Crippen molar-refractivity contribution in [3.63, 3.8) is 0 Å². The number of amides is 2. The maximum atomic E-state index is 13.4. The Balaban J connectivity index is 1.54. The molecule has 166 valence electrons. The van der Waals surface area contributed by atoms with Gasteiger partial charge in [-0.15, -0.1) is 0 Å². The molecule has 3 rings (SSSR count). The third-order valence-corrected chi connectivity index (χ3v) is 4.29. The number of benzene rings is 2. The van der Waals surface area contributed by atoms with Crippen LogP contribution in [0.25, 0.3) is 11.4 Å². The molecule has 0 bridgehead atoms. The van der Waals surface area contributed by atoms with E-state index in [1.165, 1.54) is 24.5 Å². The smallest absolute Gasteiger partial charge is 0.407 e. The molecule has 0 saturated heterocycles. The molecule has 32 heavy (non-hydrogen) atoms. The van der Waals surface area contributed by atoms with Gasteiger partial charge in [0.2, 0.25) is 0 Å². The molecule has 0 radical (unpaired) electrons. The quantitative estimate of drug-likeness (QED) is 0.603. The Labute approximate surface area is 186 Å². The van der Waals surface area contributed by atoms with E-state index in [-0.39, 0.29) is 30.4 Å². The van der Waals surface area contributed by atoms with Crippen LogP contribution >= 0.6 is 0 Å². The van der Waals surface area contributed by atoms with Crippen molar-refractivity contribution in [3.8, 4) is 11.4 Å². The van der Waals surface area contributed by atoms with E-state index in [1.54, 1.807) is 12.1 Å². The number of alkyl carbamates (subject to hydrolysis) is 1. The molecule has 8 heteroatoms. The summed E-state index contributed by atoms with van der Waals surface area (Å²) in [5.41, 5.74) is 2.12. The summed E-state index contributed by atoms with van der Waals surface area (Å²) in [6.07, 6.45) is 2.32. The van der Waals surface area contributed by atoms with Crippen LogP contribution in [0.3, 0.4) is 0 Å². The second-order valence-electron chi connectivity index (χ2n) is 8.26. The first-order valence-electron chi connectivity index (χ1n) is 10.1. The zero-order valence-electron chi connectivity index (χ0n) is 18.2. The summed E-state index contributed by atoms with van der Waals surface area (Å²) in [6.45, 7) is 6.03. The van der Waals surface area contributed by atoms with Crippen LogP contribution in [0.1, 0.15) is 42.3 Å². The largest absolute Gasteiger partial charge is 0.445 e. The lowest BCUT2D eigenvalue weighted by Gasteiger charge is -2.20. The average molecular weight is 436 g/mol. The highest BCUT2D eigenvalue weighted by molar-refractivity contribution is 5.93. The van der Waals surface area contributed by atoms with E-state index in [1.807, 2.05) is 45.0 Å². The summed E-state index contributed by atoms with van der Waals surface area (Å²) in [6, 6.07) is 13.3. The van der Waals surface area contributed by atoms with Crippen LogP contribution in [0.15, 0.2) is 60.9 Å². The van der Waals surface area contributed by atoms with Gasteiger partial charge in [-0.25, -0.2) is 19.2 Å². The van der Waals surface area contributed by atoms with Gasteiger partial charge in [0, 0.05) is 30.0 Å². The fourth-order valence-electron chi connectivity index (χ4n) is 2.83. The van der Waals surface area contributed by atoms with Crippen molar-refractivity contribution in [2.45, 2.75) is 39.5 Å². The number of aromatic nitrogens is 2. The Hall–Kier alpha value is -3.81. The maximum Gasteiger partial charge on any atom is 0.407 e. The number of ether oxygens (including phenoxy) is 1. The Bertz CT molecular complexity index is 1090. The second kappa shape index (κ2) is 10.00. The molecule has 3 aromatic rings. The first kappa shape index (κ1) is 22.9. The summed E-state index contributed by atoms with van der Waals surface area (Å²) >= 11 is 0. The number of halogens is 1. The van der Waals surface area contributed by atoms with Gasteiger partial charge in [-0.1, -0.05) is 36.4 Å². The van der Waals surface area contributed by atoms with Crippen molar-refractivity contribution in [3.05, 3.63) is 83.4 Å². The van der Waals surface area contributed by atoms with Gasteiger partial charge in [0.05, 0.1) is 5.56 Å². The second-order valence-corrected chi connectivity index (χ2v) is 8.26. The molecule has 1 aromatic heterocycles. The van der Waals surface area contributed by atoms with E-state index < -0.39 is 6.09 Å². The van der Waals surface area contributed by atoms with Crippen LogP contribution < -0.4 is 10.6 Å². The number of carbonyl (C=O) groups excluding carboxylic acids is 2. The Kier molecular flexibility index (Phi) is 7.14. The Morgan fingerprint density at radius 3 is 2.38 bits per heavy atom. The normalized spacial score (nSPS) is 11.0.